The molecule has 5 heteroatoms. The first-order valence-corrected chi connectivity index (χ1v) is 7.63. The van der Waals surface area contributed by atoms with Crippen LogP contribution in [0.5, 0.6) is 0 Å². The molecule has 0 saturated heterocycles. The van der Waals surface area contributed by atoms with Gasteiger partial charge in [0.2, 0.25) is 0 Å². The molecule has 20 heavy (non-hydrogen) atoms. The zero-order valence-corrected chi connectivity index (χ0v) is 13.5. The third-order valence-electron chi connectivity index (χ3n) is 3.02. The molecule has 2 aromatic heterocycles. The van der Waals surface area contributed by atoms with E-state index in [0.29, 0.717) is 0 Å². The number of aromatic nitrogens is 3. The van der Waals surface area contributed by atoms with E-state index < -0.39 is 0 Å². The number of anilines is 1. The standard InChI is InChI=1S/C15H19BrN4/c1-3-6-14-18-13(16)11-15(19-14)20(2)10-8-12-7-4-5-9-17-12/h4-5,7,9,11H,3,6,8,10H2,1-2H3. The highest BCUT2D eigenvalue weighted by Crippen LogP contribution is 2.16. The molecule has 0 aliphatic heterocycles. The number of rotatable bonds is 6. The minimum Gasteiger partial charge on any atom is -0.359 e. The van der Waals surface area contributed by atoms with Gasteiger partial charge < -0.3 is 4.90 Å². The lowest BCUT2D eigenvalue weighted by molar-refractivity contribution is 0.795. The van der Waals surface area contributed by atoms with E-state index in [2.05, 4.69) is 42.7 Å². The monoisotopic (exact) mass is 334 g/mol. The Hall–Kier alpha value is -1.49. The van der Waals surface area contributed by atoms with Crippen molar-refractivity contribution in [2.24, 2.45) is 0 Å². The third-order valence-corrected chi connectivity index (χ3v) is 3.43. The van der Waals surface area contributed by atoms with Crippen molar-refractivity contribution in [3.63, 3.8) is 0 Å². The van der Waals surface area contributed by atoms with Crippen LogP contribution in [0.3, 0.4) is 0 Å². The van der Waals surface area contributed by atoms with Gasteiger partial charge >= 0.3 is 0 Å². The molecule has 0 spiro atoms. The summed E-state index contributed by atoms with van der Waals surface area (Å²) in [4.78, 5) is 15.5. The van der Waals surface area contributed by atoms with Crippen molar-refractivity contribution in [2.75, 3.05) is 18.5 Å². The fourth-order valence-corrected chi connectivity index (χ4v) is 2.33. The smallest absolute Gasteiger partial charge is 0.133 e. The maximum Gasteiger partial charge on any atom is 0.133 e. The Bertz CT molecular complexity index is 545. The molecule has 2 heterocycles. The summed E-state index contributed by atoms with van der Waals surface area (Å²) in [5, 5.41) is 0. The molecule has 2 rings (SSSR count). The average Bonchev–Trinajstić information content (AvgIpc) is 2.45. The van der Waals surface area contributed by atoms with Crippen molar-refractivity contribution in [1.82, 2.24) is 15.0 Å². The van der Waals surface area contributed by atoms with Gasteiger partial charge in [0.1, 0.15) is 16.2 Å². The molecule has 0 amide bonds. The van der Waals surface area contributed by atoms with Crippen molar-refractivity contribution in [2.45, 2.75) is 26.2 Å². The molecule has 0 aliphatic rings. The molecule has 0 saturated carbocycles. The molecule has 2 aromatic rings. The lowest BCUT2D eigenvalue weighted by Crippen LogP contribution is -2.22. The Morgan fingerprint density at radius 1 is 1.20 bits per heavy atom. The van der Waals surface area contributed by atoms with Crippen LogP contribution in [0, 0.1) is 0 Å². The molecule has 106 valence electrons. The first kappa shape index (κ1) is 14.9. The second-order valence-corrected chi connectivity index (χ2v) is 5.52. The van der Waals surface area contributed by atoms with Gasteiger partial charge in [0, 0.05) is 44.4 Å². The molecule has 0 unspecified atom stereocenters. The van der Waals surface area contributed by atoms with Gasteiger partial charge in [-0.05, 0) is 34.5 Å². The predicted molar refractivity (Wildman–Crippen MR) is 84.9 cm³/mol. The Kier molecular flexibility index (Phi) is 5.47. The maximum atomic E-state index is 4.60. The molecule has 0 bridgehead atoms. The molecule has 0 radical (unpaired) electrons. The number of nitrogens with zero attached hydrogens (tertiary/aromatic N) is 4. The minimum atomic E-state index is 0.843. The topological polar surface area (TPSA) is 41.9 Å². The number of halogens is 1. The first-order chi connectivity index (χ1) is 9.69. The number of pyridine rings is 1. The highest BCUT2D eigenvalue weighted by molar-refractivity contribution is 9.10. The fourth-order valence-electron chi connectivity index (χ4n) is 1.93. The highest BCUT2D eigenvalue weighted by atomic mass is 79.9. The van der Waals surface area contributed by atoms with Crippen LogP contribution in [0.15, 0.2) is 35.1 Å². The molecule has 0 aromatic carbocycles. The molecule has 0 atom stereocenters. The Labute approximate surface area is 128 Å². The zero-order valence-electron chi connectivity index (χ0n) is 11.9. The highest BCUT2D eigenvalue weighted by Gasteiger charge is 2.07. The normalized spacial score (nSPS) is 10.6. The summed E-state index contributed by atoms with van der Waals surface area (Å²) in [6.07, 6.45) is 4.69. The number of hydrogen-bond donors (Lipinski definition) is 0. The van der Waals surface area contributed by atoms with Gasteiger partial charge in [-0.25, -0.2) is 9.97 Å². The molecule has 0 N–H and O–H groups in total. The van der Waals surface area contributed by atoms with Crippen LogP contribution >= 0.6 is 15.9 Å². The molecular formula is C15H19BrN4. The van der Waals surface area contributed by atoms with Gasteiger partial charge in [-0.3, -0.25) is 4.98 Å². The molecule has 4 nitrogen and oxygen atoms in total. The SMILES string of the molecule is CCCc1nc(Br)cc(N(C)CCc2ccccn2)n1. The average molecular weight is 335 g/mol. The van der Waals surface area contributed by atoms with Crippen LogP contribution in [0.25, 0.3) is 0 Å². The maximum absolute atomic E-state index is 4.60. The fraction of sp³-hybridized carbons (Fsp3) is 0.400. The van der Waals surface area contributed by atoms with Crippen molar-refractivity contribution in [1.29, 1.82) is 0 Å². The summed E-state index contributed by atoms with van der Waals surface area (Å²) in [7, 11) is 2.05. The van der Waals surface area contributed by atoms with Gasteiger partial charge in [-0.15, -0.1) is 0 Å². The van der Waals surface area contributed by atoms with Crippen LogP contribution in [0.1, 0.15) is 24.9 Å². The van der Waals surface area contributed by atoms with Crippen LogP contribution in [0.4, 0.5) is 5.82 Å². The Morgan fingerprint density at radius 2 is 2.05 bits per heavy atom. The van der Waals surface area contributed by atoms with Gasteiger partial charge in [0.15, 0.2) is 0 Å². The quantitative estimate of drug-likeness (QED) is 0.760. The number of hydrogen-bond acceptors (Lipinski definition) is 4. The van der Waals surface area contributed by atoms with Crippen molar-refractivity contribution in [3.8, 4) is 0 Å². The van der Waals surface area contributed by atoms with Crippen LogP contribution in [-0.4, -0.2) is 28.5 Å². The van der Waals surface area contributed by atoms with Crippen LogP contribution in [-0.2, 0) is 12.8 Å². The molecule has 0 aliphatic carbocycles. The summed E-state index contributed by atoms with van der Waals surface area (Å²) < 4.78 is 0.843. The molecule has 0 fully saturated rings. The van der Waals surface area contributed by atoms with E-state index in [9.17, 15) is 0 Å². The van der Waals surface area contributed by atoms with E-state index in [4.69, 9.17) is 0 Å². The second kappa shape index (κ2) is 7.33. The van der Waals surface area contributed by atoms with Crippen molar-refractivity contribution < 1.29 is 0 Å². The van der Waals surface area contributed by atoms with Gasteiger partial charge in [-0.2, -0.15) is 0 Å². The summed E-state index contributed by atoms with van der Waals surface area (Å²) in [5.74, 6) is 1.84. The summed E-state index contributed by atoms with van der Waals surface area (Å²) >= 11 is 3.46. The van der Waals surface area contributed by atoms with E-state index in [1.807, 2.05) is 37.5 Å². The van der Waals surface area contributed by atoms with E-state index in [1.165, 1.54) is 0 Å². The lowest BCUT2D eigenvalue weighted by Gasteiger charge is -2.18. The second-order valence-electron chi connectivity index (χ2n) is 4.71. The minimum absolute atomic E-state index is 0.843. The third kappa shape index (κ3) is 4.27. The van der Waals surface area contributed by atoms with E-state index in [1.54, 1.807) is 0 Å². The largest absolute Gasteiger partial charge is 0.359 e. The Morgan fingerprint density at radius 3 is 2.75 bits per heavy atom. The lowest BCUT2D eigenvalue weighted by atomic mass is 10.2. The van der Waals surface area contributed by atoms with Gasteiger partial charge in [0.25, 0.3) is 0 Å². The Balaban J connectivity index is 2.03. The first-order valence-electron chi connectivity index (χ1n) is 6.83. The number of likely N-dealkylation sites (N-methyl/N-ethyl adjacent to an activating group) is 1. The van der Waals surface area contributed by atoms with E-state index in [0.717, 1.165) is 47.7 Å². The van der Waals surface area contributed by atoms with E-state index in [-0.39, 0.29) is 0 Å². The van der Waals surface area contributed by atoms with Crippen molar-refractivity contribution in [3.05, 3.63) is 46.6 Å². The van der Waals surface area contributed by atoms with Crippen LogP contribution in [0.2, 0.25) is 0 Å². The zero-order chi connectivity index (χ0) is 14.4. The van der Waals surface area contributed by atoms with Crippen LogP contribution < -0.4 is 4.90 Å². The summed E-state index contributed by atoms with van der Waals surface area (Å²) in [6, 6.07) is 7.96. The summed E-state index contributed by atoms with van der Waals surface area (Å²) in [6.45, 7) is 3.01. The van der Waals surface area contributed by atoms with Gasteiger partial charge in [-0.1, -0.05) is 13.0 Å². The predicted octanol–water partition coefficient (Wildman–Crippen LogP) is 3.27. The van der Waals surface area contributed by atoms with E-state index >= 15 is 0 Å². The summed E-state index contributed by atoms with van der Waals surface area (Å²) in [5.41, 5.74) is 1.10. The van der Waals surface area contributed by atoms with Gasteiger partial charge in [0.05, 0.1) is 0 Å². The number of aryl methyl sites for hydroxylation is 1. The molecular weight excluding hydrogens is 316 g/mol. The van der Waals surface area contributed by atoms with Crippen molar-refractivity contribution >= 4 is 21.7 Å².